The fourth-order valence-electron chi connectivity index (χ4n) is 3.02. The molecule has 4 nitrogen and oxygen atoms in total. The molecule has 0 bridgehead atoms. The number of para-hydroxylation sites is 1. The lowest BCUT2D eigenvalue weighted by molar-refractivity contribution is -0.120. The Morgan fingerprint density at radius 3 is 1.92 bits per heavy atom. The summed E-state index contributed by atoms with van der Waals surface area (Å²) in [6, 6.07) is 13.8. The molecule has 1 N–H and O–H groups in total. The Bertz CT molecular complexity index is 744. The Hall–Kier alpha value is -2.62. The Morgan fingerprint density at radius 2 is 1.46 bits per heavy atom. The van der Waals surface area contributed by atoms with E-state index in [1.54, 1.807) is 0 Å². The van der Waals surface area contributed by atoms with E-state index in [9.17, 15) is 9.59 Å². The highest BCUT2D eigenvalue weighted by atomic mass is 16.2. The Morgan fingerprint density at radius 1 is 0.885 bits per heavy atom. The van der Waals surface area contributed by atoms with Crippen LogP contribution in [0.5, 0.6) is 0 Å². The van der Waals surface area contributed by atoms with E-state index in [2.05, 4.69) is 26.1 Å². The van der Waals surface area contributed by atoms with Gasteiger partial charge in [0.1, 0.15) is 6.54 Å². The third-order valence-electron chi connectivity index (χ3n) is 4.60. The molecule has 0 aromatic heterocycles. The van der Waals surface area contributed by atoms with Crippen LogP contribution in [-0.2, 0) is 28.9 Å². The lowest BCUT2D eigenvalue weighted by Gasteiger charge is -2.22. The molecule has 2 rings (SSSR count). The van der Waals surface area contributed by atoms with Gasteiger partial charge in [-0.2, -0.15) is 0 Å². The molecule has 0 heterocycles. The first kappa shape index (κ1) is 19.7. The van der Waals surface area contributed by atoms with E-state index in [1.807, 2.05) is 42.5 Å². The molecule has 0 aliphatic carbocycles. The zero-order valence-corrected chi connectivity index (χ0v) is 16.1. The molecule has 0 saturated carbocycles. The number of hydrogen-bond acceptors (Lipinski definition) is 2. The van der Waals surface area contributed by atoms with Crippen LogP contribution < -0.4 is 10.2 Å². The van der Waals surface area contributed by atoms with Gasteiger partial charge in [-0.15, -0.1) is 0 Å². The van der Waals surface area contributed by atoms with Gasteiger partial charge in [-0.1, -0.05) is 51.1 Å². The number of nitrogens with zero attached hydrogens (tertiary/aromatic N) is 1. The summed E-state index contributed by atoms with van der Waals surface area (Å²) in [5, 5.41) is 3.03. The second-order valence-electron chi connectivity index (χ2n) is 6.33. The SMILES string of the molecule is CCc1ccc(N(CC(=O)Nc2c(CC)cccc2CC)C(C)=O)cc1. The van der Waals surface area contributed by atoms with Crippen molar-refractivity contribution in [3.63, 3.8) is 0 Å². The molecular formula is C22H28N2O2. The first-order valence-electron chi connectivity index (χ1n) is 9.27. The number of carbonyl (C=O) groups is 2. The average molecular weight is 352 g/mol. The van der Waals surface area contributed by atoms with E-state index in [4.69, 9.17) is 0 Å². The summed E-state index contributed by atoms with van der Waals surface area (Å²) < 4.78 is 0. The van der Waals surface area contributed by atoms with Crippen molar-refractivity contribution >= 4 is 23.2 Å². The number of rotatable bonds is 7. The van der Waals surface area contributed by atoms with Crippen LogP contribution in [0.2, 0.25) is 0 Å². The van der Waals surface area contributed by atoms with Gasteiger partial charge in [0.25, 0.3) is 0 Å². The summed E-state index contributed by atoms with van der Waals surface area (Å²) in [6.07, 6.45) is 2.63. The molecule has 0 spiro atoms. The summed E-state index contributed by atoms with van der Waals surface area (Å²) >= 11 is 0. The predicted octanol–water partition coefficient (Wildman–Crippen LogP) is 4.37. The van der Waals surface area contributed by atoms with Crippen LogP contribution in [0.15, 0.2) is 42.5 Å². The highest BCUT2D eigenvalue weighted by Crippen LogP contribution is 2.23. The molecule has 26 heavy (non-hydrogen) atoms. The van der Waals surface area contributed by atoms with E-state index in [-0.39, 0.29) is 18.4 Å². The van der Waals surface area contributed by atoms with E-state index in [1.165, 1.54) is 17.4 Å². The summed E-state index contributed by atoms with van der Waals surface area (Å²) in [6.45, 7) is 7.71. The molecule has 0 fully saturated rings. The molecule has 0 aliphatic rings. The lowest BCUT2D eigenvalue weighted by Crippen LogP contribution is -2.37. The monoisotopic (exact) mass is 352 g/mol. The first-order chi connectivity index (χ1) is 12.5. The molecule has 138 valence electrons. The van der Waals surface area contributed by atoms with Crippen molar-refractivity contribution in [2.75, 3.05) is 16.8 Å². The molecule has 4 heteroatoms. The van der Waals surface area contributed by atoms with E-state index in [0.717, 1.165) is 41.8 Å². The number of carbonyl (C=O) groups excluding carboxylic acids is 2. The van der Waals surface area contributed by atoms with Crippen molar-refractivity contribution in [3.05, 3.63) is 59.2 Å². The second kappa shape index (κ2) is 9.18. The predicted molar refractivity (Wildman–Crippen MR) is 108 cm³/mol. The van der Waals surface area contributed by atoms with Crippen LogP contribution in [0.4, 0.5) is 11.4 Å². The average Bonchev–Trinajstić information content (AvgIpc) is 2.66. The van der Waals surface area contributed by atoms with Crippen molar-refractivity contribution in [2.45, 2.75) is 47.0 Å². The van der Waals surface area contributed by atoms with Crippen LogP contribution in [-0.4, -0.2) is 18.4 Å². The first-order valence-corrected chi connectivity index (χ1v) is 9.27. The molecule has 2 aromatic rings. The Labute approximate surface area is 156 Å². The highest BCUT2D eigenvalue weighted by Gasteiger charge is 2.17. The van der Waals surface area contributed by atoms with Crippen LogP contribution >= 0.6 is 0 Å². The van der Waals surface area contributed by atoms with Crippen molar-refractivity contribution < 1.29 is 9.59 Å². The van der Waals surface area contributed by atoms with E-state index < -0.39 is 0 Å². The van der Waals surface area contributed by atoms with Gasteiger partial charge in [0, 0.05) is 18.3 Å². The topological polar surface area (TPSA) is 49.4 Å². The molecule has 0 aliphatic heterocycles. The number of benzene rings is 2. The lowest BCUT2D eigenvalue weighted by atomic mass is 10.0. The molecule has 0 atom stereocenters. The van der Waals surface area contributed by atoms with Gasteiger partial charge in [0.2, 0.25) is 11.8 Å². The largest absolute Gasteiger partial charge is 0.324 e. The Balaban J connectivity index is 2.19. The van der Waals surface area contributed by atoms with Crippen molar-refractivity contribution in [3.8, 4) is 0 Å². The number of aryl methyl sites for hydroxylation is 3. The Kier molecular flexibility index (Phi) is 6.96. The van der Waals surface area contributed by atoms with Gasteiger partial charge in [-0.05, 0) is 48.1 Å². The van der Waals surface area contributed by atoms with Gasteiger partial charge >= 0.3 is 0 Å². The van der Waals surface area contributed by atoms with E-state index >= 15 is 0 Å². The molecule has 0 unspecified atom stereocenters. The molecular weight excluding hydrogens is 324 g/mol. The maximum absolute atomic E-state index is 12.7. The highest BCUT2D eigenvalue weighted by molar-refractivity contribution is 6.02. The number of hydrogen-bond donors (Lipinski definition) is 1. The van der Waals surface area contributed by atoms with Crippen LogP contribution in [0.3, 0.4) is 0 Å². The zero-order chi connectivity index (χ0) is 19.1. The third kappa shape index (κ3) is 4.72. The fraction of sp³-hybridized carbons (Fsp3) is 0.364. The van der Waals surface area contributed by atoms with Gasteiger partial charge in [-0.25, -0.2) is 0 Å². The maximum Gasteiger partial charge on any atom is 0.244 e. The van der Waals surface area contributed by atoms with E-state index in [0.29, 0.717) is 0 Å². The number of amides is 2. The van der Waals surface area contributed by atoms with Crippen molar-refractivity contribution in [1.82, 2.24) is 0 Å². The van der Waals surface area contributed by atoms with Gasteiger partial charge < -0.3 is 10.2 Å². The molecule has 0 saturated heterocycles. The summed E-state index contributed by atoms with van der Waals surface area (Å²) in [4.78, 5) is 26.2. The molecule has 2 aromatic carbocycles. The molecule has 2 amide bonds. The van der Waals surface area contributed by atoms with Gasteiger partial charge in [0.05, 0.1) is 0 Å². The normalized spacial score (nSPS) is 10.5. The fourth-order valence-corrected chi connectivity index (χ4v) is 3.02. The zero-order valence-electron chi connectivity index (χ0n) is 16.1. The summed E-state index contributed by atoms with van der Waals surface area (Å²) in [7, 11) is 0. The van der Waals surface area contributed by atoms with Crippen LogP contribution in [0, 0.1) is 0 Å². The minimum Gasteiger partial charge on any atom is -0.324 e. The van der Waals surface area contributed by atoms with Gasteiger partial charge in [-0.3, -0.25) is 9.59 Å². The molecule has 0 radical (unpaired) electrons. The standard InChI is InChI=1S/C22H28N2O2/c1-5-17-11-13-20(14-12-17)24(16(4)25)15-21(26)23-22-18(6-2)9-8-10-19(22)7-3/h8-14H,5-7,15H2,1-4H3,(H,23,26). The number of nitrogens with one attached hydrogen (secondary N) is 1. The minimum absolute atomic E-state index is 0.00199. The van der Waals surface area contributed by atoms with Crippen LogP contribution in [0.1, 0.15) is 44.4 Å². The third-order valence-corrected chi connectivity index (χ3v) is 4.60. The number of anilines is 2. The second-order valence-corrected chi connectivity index (χ2v) is 6.33. The van der Waals surface area contributed by atoms with Crippen molar-refractivity contribution in [2.24, 2.45) is 0 Å². The minimum atomic E-state index is -0.185. The van der Waals surface area contributed by atoms with Crippen molar-refractivity contribution in [1.29, 1.82) is 0 Å². The van der Waals surface area contributed by atoms with Gasteiger partial charge in [0.15, 0.2) is 0 Å². The summed E-state index contributed by atoms with van der Waals surface area (Å²) in [5.41, 5.74) is 5.04. The maximum atomic E-state index is 12.7. The quantitative estimate of drug-likeness (QED) is 0.804. The smallest absolute Gasteiger partial charge is 0.244 e. The van der Waals surface area contributed by atoms with Crippen LogP contribution in [0.25, 0.3) is 0 Å². The summed E-state index contributed by atoms with van der Waals surface area (Å²) in [5.74, 6) is -0.334.